The highest BCUT2D eigenvalue weighted by Gasteiger charge is 2.27. The van der Waals surface area contributed by atoms with Gasteiger partial charge in [0, 0.05) is 31.7 Å². The molecule has 0 atom stereocenters. The zero-order valence-corrected chi connectivity index (χ0v) is 11.1. The summed E-state index contributed by atoms with van der Waals surface area (Å²) >= 11 is 0. The van der Waals surface area contributed by atoms with Gasteiger partial charge in [-0.15, -0.1) is 0 Å². The standard InChI is InChI=1S/C16H16N2O2/c19-16(20)13-6-7-17-15(8-13)11-18-9-14(10-18)12-4-2-1-3-5-12/h1-8,14H,9-11H2,(H,19,20). The van der Waals surface area contributed by atoms with E-state index in [9.17, 15) is 4.79 Å². The molecule has 1 N–H and O–H groups in total. The third-order valence-corrected chi connectivity index (χ3v) is 3.68. The summed E-state index contributed by atoms with van der Waals surface area (Å²) < 4.78 is 0. The first kappa shape index (κ1) is 12.8. The minimum atomic E-state index is -0.903. The quantitative estimate of drug-likeness (QED) is 0.925. The van der Waals surface area contributed by atoms with E-state index in [1.807, 2.05) is 6.07 Å². The molecule has 20 heavy (non-hydrogen) atoms. The Bertz CT molecular complexity index is 607. The van der Waals surface area contributed by atoms with Gasteiger partial charge in [0.2, 0.25) is 0 Å². The monoisotopic (exact) mass is 268 g/mol. The average molecular weight is 268 g/mol. The van der Waals surface area contributed by atoms with E-state index < -0.39 is 5.97 Å². The number of aromatic carboxylic acids is 1. The van der Waals surface area contributed by atoms with Gasteiger partial charge >= 0.3 is 5.97 Å². The Labute approximate surface area is 117 Å². The molecule has 4 heteroatoms. The normalized spacial score (nSPS) is 15.8. The van der Waals surface area contributed by atoms with Crippen LogP contribution in [-0.4, -0.2) is 34.0 Å². The lowest BCUT2D eigenvalue weighted by Crippen LogP contribution is -2.44. The van der Waals surface area contributed by atoms with Gasteiger partial charge in [-0.2, -0.15) is 0 Å². The highest BCUT2D eigenvalue weighted by molar-refractivity contribution is 5.87. The van der Waals surface area contributed by atoms with E-state index in [4.69, 9.17) is 5.11 Å². The van der Waals surface area contributed by atoms with E-state index in [1.165, 1.54) is 11.6 Å². The summed E-state index contributed by atoms with van der Waals surface area (Å²) in [5.41, 5.74) is 2.49. The van der Waals surface area contributed by atoms with Crippen molar-refractivity contribution in [3.63, 3.8) is 0 Å². The highest BCUT2D eigenvalue weighted by Crippen LogP contribution is 2.27. The lowest BCUT2D eigenvalue weighted by Gasteiger charge is -2.39. The van der Waals surface area contributed by atoms with Crippen molar-refractivity contribution < 1.29 is 9.90 Å². The fourth-order valence-electron chi connectivity index (χ4n) is 2.56. The predicted molar refractivity (Wildman–Crippen MR) is 75.7 cm³/mol. The van der Waals surface area contributed by atoms with Gasteiger partial charge in [0.05, 0.1) is 11.3 Å². The molecule has 0 spiro atoms. The third-order valence-electron chi connectivity index (χ3n) is 3.68. The Morgan fingerprint density at radius 1 is 1.25 bits per heavy atom. The van der Waals surface area contributed by atoms with E-state index in [1.54, 1.807) is 12.3 Å². The van der Waals surface area contributed by atoms with Gasteiger partial charge in [-0.3, -0.25) is 9.88 Å². The summed E-state index contributed by atoms with van der Waals surface area (Å²) in [6.07, 6.45) is 1.56. The topological polar surface area (TPSA) is 53.4 Å². The molecule has 0 amide bonds. The first-order valence-electron chi connectivity index (χ1n) is 6.68. The van der Waals surface area contributed by atoms with Crippen LogP contribution in [0.3, 0.4) is 0 Å². The van der Waals surface area contributed by atoms with E-state index in [0.29, 0.717) is 18.0 Å². The average Bonchev–Trinajstić information content (AvgIpc) is 2.43. The van der Waals surface area contributed by atoms with Crippen molar-refractivity contribution in [1.82, 2.24) is 9.88 Å². The van der Waals surface area contributed by atoms with Gasteiger partial charge in [-0.25, -0.2) is 4.79 Å². The molecule has 0 bridgehead atoms. The van der Waals surface area contributed by atoms with Crippen molar-refractivity contribution in [3.8, 4) is 0 Å². The van der Waals surface area contributed by atoms with Crippen molar-refractivity contribution in [2.75, 3.05) is 13.1 Å². The van der Waals surface area contributed by atoms with Gasteiger partial charge in [-0.1, -0.05) is 30.3 Å². The molecule has 1 saturated heterocycles. The molecule has 4 nitrogen and oxygen atoms in total. The number of nitrogens with zero attached hydrogens (tertiary/aromatic N) is 2. The van der Waals surface area contributed by atoms with Crippen LogP contribution in [0, 0.1) is 0 Å². The summed E-state index contributed by atoms with van der Waals surface area (Å²) in [6.45, 7) is 2.72. The first-order chi connectivity index (χ1) is 9.72. The van der Waals surface area contributed by atoms with Crippen molar-refractivity contribution in [1.29, 1.82) is 0 Å². The molecule has 3 rings (SSSR count). The van der Waals surface area contributed by atoms with Crippen LogP contribution in [0.4, 0.5) is 0 Å². The zero-order chi connectivity index (χ0) is 13.9. The molecule has 2 heterocycles. The van der Waals surface area contributed by atoms with Crippen LogP contribution >= 0.6 is 0 Å². The van der Waals surface area contributed by atoms with Crippen LogP contribution in [0.1, 0.15) is 27.5 Å². The van der Waals surface area contributed by atoms with Crippen LogP contribution < -0.4 is 0 Å². The lowest BCUT2D eigenvalue weighted by molar-refractivity contribution is 0.0696. The Balaban J connectivity index is 1.59. The highest BCUT2D eigenvalue weighted by atomic mass is 16.4. The van der Waals surface area contributed by atoms with E-state index in [2.05, 4.69) is 34.1 Å². The number of aromatic nitrogens is 1. The second kappa shape index (κ2) is 5.43. The summed E-state index contributed by atoms with van der Waals surface area (Å²) in [5.74, 6) is -0.321. The molecule has 1 fully saturated rings. The first-order valence-corrected chi connectivity index (χ1v) is 6.68. The smallest absolute Gasteiger partial charge is 0.335 e. The maximum Gasteiger partial charge on any atom is 0.335 e. The molecule has 0 radical (unpaired) electrons. The lowest BCUT2D eigenvalue weighted by atomic mass is 9.91. The van der Waals surface area contributed by atoms with Crippen molar-refractivity contribution >= 4 is 5.97 Å². The van der Waals surface area contributed by atoms with Crippen LogP contribution in [0.5, 0.6) is 0 Å². The summed E-state index contributed by atoms with van der Waals surface area (Å²) in [4.78, 5) is 17.4. The van der Waals surface area contributed by atoms with E-state index >= 15 is 0 Å². The molecule has 0 saturated carbocycles. The number of likely N-dealkylation sites (tertiary alicyclic amines) is 1. The third kappa shape index (κ3) is 2.70. The number of rotatable bonds is 4. The van der Waals surface area contributed by atoms with Crippen molar-refractivity contribution in [2.24, 2.45) is 0 Å². The van der Waals surface area contributed by atoms with Crippen LogP contribution in [0.15, 0.2) is 48.7 Å². The molecule has 1 aliphatic rings. The molecular weight excluding hydrogens is 252 g/mol. The maximum atomic E-state index is 10.9. The van der Waals surface area contributed by atoms with E-state index in [0.717, 1.165) is 18.8 Å². The SMILES string of the molecule is O=C(O)c1ccnc(CN2CC(c3ccccc3)C2)c1. The van der Waals surface area contributed by atoms with Crippen LogP contribution in [-0.2, 0) is 6.54 Å². The Morgan fingerprint density at radius 2 is 2.00 bits per heavy atom. The van der Waals surface area contributed by atoms with Gasteiger partial charge in [0.25, 0.3) is 0 Å². The number of carbonyl (C=O) groups is 1. The Morgan fingerprint density at radius 3 is 2.70 bits per heavy atom. The largest absolute Gasteiger partial charge is 0.478 e. The minimum Gasteiger partial charge on any atom is -0.478 e. The Kier molecular flexibility index (Phi) is 3.48. The number of hydrogen-bond acceptors (Lipinski definition) is 3. The molecule has 1 aromatic carbocycles. The molecule has 0 unspecified atom stereocenters. The van der Waals surface area contributed by atoms with E-state index in [-0.39, 0.29) is 0 Å². The molecule has 0 aliphatic carbocycles. The van der Waals surface area contributed by atoms with Gasteiger partial charge < -0.3 is 5.11 Å². The second-order valence-electron chi connectivity index (χ2n) is 5.14. The summed E-state index contributed by atoms with van der Waals surface area (Å²) in [7, 11) is 0. The van der Waals surface area contributed by atoms with Gasteiger partial charge in [0.1, 0.15) is 0 Å². The maximum absolute atomic E-state index is 10.9. The van der Waals surface area contributed by atoms with Gasteiger partial charge in [0.15, 0.2) is 0 Å². The zero-order valence-electron chi connectivity index (χ0n) is 11.1. The second-order valence-corrected chi connectivity index (χ2v) is 5.14. The number of carboxylic acids is 1. The molecular formula is C16H16N2O2. The molecule has 102 valence electrons. The van der Waals surface area contributed by atoms with Gasteiger partial charge in [-0.05, 0) is 17.7 Å². The number of hydrogen-bond donors (Lipinski definition) is 1. The van der Waals surface area contributed by atoms with Crippen LogP contribution in [0.2, 0.25) is 0 Å². The molecule has 2 aromatic rings. The van der Waals surface area contributed by atoms with Crippen LogP contribution in [0.25, 0.3) is 0 Å². The summed E-state index contributed by atoms with van der Waals surface area (Å²) in [5, 5.41) is 8.96. The number of benzene rings is 1. The molecule has 1 aromatic heterocycles. The number of carboxylic acid groups (broad SMARTS) is 1. The Hall–Kier alpha value is -2.20. The fraction of sp³-hybridized carbons (Fsp3) is 0.250. The minimum absolute atomic E-state index is 0.301. The van der Waals surface area contributed by atoms with Crippen molar-refractivity contribution in [2.45, 2.75) is 12.5 Å². The summed E-state index contributed by atoms with van der Waals surface area (Å²) in [6, 6.07) is 13.6. The fourth-order valence-corrected chi connectivity index (χ4v) is 2.56. The van der Waals surface area contributed by atoms with Crippen molar-refractivity contribution in [3.05, 3.63) is 65.5 Å². The molecule has 1 aliphatic heterocycles. The predicted octanol–water partition coefficient (Wildman–Crippen LogP) is 2.38. The number of pyridine rings is 1.